The first-order chi connectivity index (χ1) is 8.85. The third-order valence-corrected chi connectivity index (χ3v) is 2.95. The highest BCUT2D eigenvalue weighted by atomic mass is 19.1. The van der Waals surface area contributed by atoms with Crippen LogP contribution < -0.4 is 5.32 Å². The number of hydrogen-bond donors (Lipinski definition) is 2. The lowest BCUT2D eigenvalue weighted by Gasteiger charge is -2.25. The van der Waals surface area contributed by atoms with Crippen LogP contribution >= 0.6 is 0 Å². The van der Waals surface area contributed by atoms with Crippen molar-refractivity contribution in [1.82, 2.24) is 0 Å². The van der Waals surface area contributed by atoms with Gasteiger partial charge in [-0.2, -0.15) is 0 Å². The molecule has 2 N–H and O–H groups in total. The fourth-order valence-electron chi connectivity index (χ4n) is 1.61. The normalized spacial score (nSPS) is 11.4. The second kappa shape index (κ2) is 6.52. The van der Waals surface area contributed by atoms with Crippen molar-refractivity contribution in [3.63, 3.8) is 0 Å². The van der Waals surface area contributed by atoms with Crippen LogP contribution in [-0.2, 0) is 4.74 Å². The molecule has 0 amide bonds. The number of anilines is 1. The summed E-state index contributed by atoms with van der Waals surface area (Å²) in [5, 5.41) is 11.9. The molecule has 0 aliphatic carbocycles. The Balaban J connectivity index is 2.63. The minimum absolute atomic E-state index is 0.0119. The van der Waals surface area contributed by atoms with Gasteiger partial charge >= 0.3 is 5.97 Å². The van der Waals surface area contributed by atoms with Crippen molar-refractivity contribution in [2.24, 2.45) is 5.41 Å². The molecule has 1 aromatic rings. The van der Waals surface area contributed by atoms with Crippen LogP contribution in [0.2, 0.25) is 0 Å². The van der Waals surface area contributed by atoms with Crippen molar-refractivity contribution in [2.45, 2.75) is 20.3 Å². The van der Waals surface area contributed by atoms with Gasteiger partial charge in [-0.3, -0.25) is 0 Å². The highest BCUT2D eigenvalue weighted by molar-refractivity contribution is 5.88. The van der Waals surface area contributed by atoms with Gasteiger partial charge in [0.1, 0.15) is 5.82 Å². The third kappa shape index (κ3) is 4.87. The number of carboxylic acids is 1. The fourth-order valence-corrected chi connectivity index (χ4v) is 1.61. The van der Waals surface area contributed by atoms with E-state index in [-0.39, 0.29) is 11.0 Å². The van der Waals surface area contributed by atoms with Gasteiger partial charge in [0.15, 0.2) is 0 Å². The quantitative estimate of drug-likeness (QED) is 0.799. The lowest BCUT2D eigenvalue weighted by atomic mass is 9.89. The van der Waals surface area contributed by atoms with Crippen LogP contribution in [0, 0.1) is 11.2 Å². The molecule has 0 heterocycles. The number of ether oxygens (including phenoxy) is 1. The van der Waals surface area contributed by atoms with E-state index in [9.17, 15) is 9.18 Å². The van der Waals surface area contributed by atoms with E-state index in [1.807, 2.05) is 0 Å². The molecule has 0 bridgehead atoms. The summed E-state index contributed by atoms with van der Waals surface area (Å²) in [5.41, 5.74) is 0.273. The van der Waals surface area contributed by atoms with Gasteiger partial charge in [-0.05, 0) is 30.0 Å². The zero-order valence-corrected chi connectivity index (χ0v) is 11.5. The minimum atomic E-state index is -1.26. The largest absolute Gasteiger partial charge is 0.478 e. The Bertz CT molecular complexity index is 446. The Morgan fingerprint density at radius 1 is 1.47 bits per heavy atom. The van der Waals surface area contributed by atoms with E-state index in [0.717, 1.165) is 6.42 Å². The molecule has 0 radical (unpaired) electrons. The molecular formula is C14H20FNO3. The standard InChI is InChI=1S/C14H20FNO3/c1-14(2,6-7-19-3)9-16-10-4-5-11(13(17)18)12(15)8-10/h4-5,8,16H,6-7,9H2,1-3H3,(H,17,18). The molecule has 5 heteroatoms. The van der Waals surface area contributed by atoms with Crippen molar-refractivity contribution >= 4 is 11.7 Å². The minimum Gasteiger partial charge on any atom is -0.478 e. The van der Waals surface area contributed by atoms with Crippen LogP contribution in [0.3, 0.4) is 0 Å². The van der Waals surface area contributed by atoms with Crippen molar-refractivity contribution < 1.29 is 19.0 Å². The van der Waals surface area contributed by atoms with Gasteiger partial charge < -0.3 is 15.2 Å². The van der Waals surface area contributed by atoms with Crippen LogP contribution in [0.15, 0.2) is 18.2 Å². The molecule has 0 aliphatic rings. The zero-order chi connectivity index (χ0) is 14.5. The molecule has 0 spiro atoms. The molecule has 0 saturated carbocycles. The fraction of sp³-hybridized carbons (Fsp3) is 0.500. The second-order valence-corrected chi connectivity index (χ2v) is 5.26. The van der Waals surface area contributed by atoms with E-state index in [1.165, 1.54) is 12.1 Å². The topological polar surface area (TPSA) is 58.6 Å². The first kappa shape index (κ1) is 15.4. The van der Waals surface area contributed by atoms with Gasteiger partial charge in [0, 0.05) is 25.9 Å². The summed E-state index contributed by atoms with van der Waals surface area (Å²) in [4.78, 5) is 10.7. The van der Waals surface area contributed by atoms with Gasteiger partial charge in [0.05, 0.1) is 5.56 Å². The van der Waals surface area contributed by atoms with E-state index in [2.05, 4.69) is 19.2 Å². The lowest BCUT2D eigenvalue weighted by molar-refractivity contribution is 0.0692. The highest BCUT2D eigenvalue weighted by Crippen LogP contribution is 2.22. The third-order valence-electron chi connectivity index (χ3n) is 2.95. The van der Waals surface area contributed by atoms with Gasteiger partial charge in [-0.1, -0.05) is 13.8 Å². The van der Waals surface area contributed by atoms with Crippen LogP contribution in [-0.4, -0.2) is 31.3 Å². The van der Waals surface area contributed by atoms with Gasteiger partial charge in [-0.15, -0.1) is 0 Å². The number of aromatic carboxylic acids is 1. The van der Waals surface area contributed by atoms with Crippen LogP contribution in [0.5, 0.6) is 0 Å². The summed E-state index contributed by atoms with van der Waals surface area (Å²) >= 11 is 0. The Morgan fingerprint density at radius 3 is 2.68 bits per heavy atom. The Morgan fingerprint density at radius 2 is 2.16 bits per heavy atom. The summed E-state index contributed by atoms with van der Waals surface area (Å²) in [6, 6.07) is 4.04. The first-order valence-corrected chi connectivity index (χ1v) is 6.11. The van der Waals surface area contributed by atoms with Crippen molar-refractivity contribution in [3.05, 3.63) is 29.6 Å². The average Bonchev–Trinajstić information content (AvgIpc) is 2.34. The average molecular weight is 269 g/mol. The molecule has 0 fully saturated rings. The summed E-state index contributed by atoms with van der Waals surface area (Å²) in [6.45, 7) is 5.49. The molecule has 0 aromatic heterocycles. The van der Waals surface area contributed by atoms with Gasteiger partial charge in [-0.25, -0.2) is 9.18 Å². The SMILES string of the molecule is COCCC(C)(C)CNc1ccc(C(=O)O)c(F)c1. The molecular weight excluding hydrogens is 249 g/mol. The van der Waals surface area contributed by atoms with Crippen LogP contribution in [0.25, 0.3) is 0 Å². The molecule has 0 atom stereocenters. The van der Waals surface area contributed by atoms with E-state index >= 15 is 0 Å². The number of carbonyl (C=O) groups is 1. The van der Waals surface area contributed by atoms with Crippen LogP contribution in [0.1, 0.15) is 30.6 Å². The Kier molecular flexibility index (Phi) is 5.30. The monoisotopic (exact) mass is 269 g/mol. The molecule has 19 heavy (non-hydrogen) atoms. The molecule has 0 unspecified atom stereocenters. The summed E-state index contributed by atoms with van der Waals surface area (Å²) in [7, 11) is 1.66. The maximum atomic E-state index is 13.5. The van der Waals surface area contributed by atoms with Crippen molar-refractivity contribution in [2.75, 3.05) is 25.6 Å². The smallest absolute Gasteiger partial charge is 0.338 e. The Hall–Kier alpha value is -1.62. The van der Waals surface area contributed by atoms with E-state index in [0.29, 0.717) is 18.8 Å². The summed E-state index contributed by atoms with van der Waals surface area (Å²) < 4.78 is 18.5. The van der Waals surface area contributed by atoms with Crippen LogP contribution in [0.4, 0.5) is 10.1 Å². The maximum Gasteiger partial charge on any atom is 0.338 e. The zero-order valence-electron chi connectivity index (χ0n) is 11.5. The number of hydrogen-bond acceptors (Lipinski definition) is 3. The number of nitrogens with one attached hydrogen (secondary N) is 1. The molecule has 106 valence electrons. The number of carboxylic acid groups (broad SMARTS) is 1. The molecule has 0 aliphatic heterocycles. The molecule has 0 saturated heterocycles. The molecule has 1 rings (SSSR count). The number of methoxy groups -OCH3 is 1. The van der Waals surface area contributed by atoms with Crippen molar-refractivity contribution in [1.29, 1.82) is 0 Å². The predicted octanol–water partition coefficient (Wildman–Crippen LogP) is 3.00. The summed E-state index contributed by atoms with van der Waals surface area (Å²) in [5.74, 6) is -1.99. The molecule has 1 aromatic carbocycles. The Labute approximate surface area is 112 Å². The van der Waals surface area contributed by atoms with Crippen molar-refractivity contribution in [3.8, 4) is 0 Å². The number of rotatable bonds is 7. The predicted molar refractivity (Wildman–Crippen MR) is 72.1 cm³/mol. The number of halogens is 1. The summed E-state index contributed by atoms with van der Waals surface area (Å²) in [6.07, 6.45) is 0.881. The first-order valence-electron chi connectivity index (χ1n) is 6.11. The van der Waals surface area contributed by atoms with E-state index in [1.54, 1.807) is 13.2 Å². The lowest BCUT2D eigenvalue weighted by Crippen LogP contribution is -2.24. The molecule has 4 nitrogen and oxygen atoms in total. The second-order valence-electron chi connectivity index (χ2n) is 5.26. The van der Waals surface area contributed by atoms with E-state index in [4.69, 9.17) is 9.84 Å². The maximum absolute atomic E-state index is 13.5. The van der Waals surface area contributed by atoms with Gasteiger partial charge in [0.25, 0.3) is 0 Å². The van der Waals surface area contributed by atoms with E-state index < -0.39 is 11.8 Å². The van der Waals surface area contributed by atoms with Gasteiger partial charge in [0.2, 0.25) is 0 Å². The highest BCUT2D eigenvalue weighted by Gasteiger charge is 2.17. The number of benzene rings is 1.